The molecular weight excluding hydrogens is 470 g/mol. The number of carbonyl (C=O) groups is 3. The van der Waals surface area contributed by atoms with E-state index in [0.717, 1.165) is 51.6 Å². The minimum absolute atomic E-state index is 0.0379. The standard InChI is InChI=1S/C22H31NO3.C4H6O6/c1-23-14-16-8-7-9-17(15-23)20(16)26-21(24)22(25,19-12-5-6-13-19)18-10-3-2-4-11-18;5-1(3(7)8)2(6)4(9)10/h2-4,10-11,16-17,19-20,25H,5-9,12-15H2,1H3;1-2,5-6H,(H,7,8)(H,9,10)/t16?,17?,20?,22-;/m0./s1. The molecule has 0 spiro atoms. The first-order valence-corrected chi connectivity index (χ1v) is 12.5. The van der Waals surface area contributed by atoms with Crippen molar-refractivity contribution in [1.29, 1.82) is 0 Å². The number of aliphatic hydroxyl groups excluding tert-OH is 2. The summed E-state index contributed by atoms with van der Waals surface area (Å²) in [5.74, 6) is -3.18. The molecule has 1 aromatic rings. The molecule has 5 N–H and O–H groups in total. The maximum atomic E-state index is 13.3. The molecule has 0 amide bonds. The van der Waals surface area contributed by atoms with Gasteiger partial charge in [-0.15, -0.1) is 0 Å². The summed E-state index contributed by atoms with van der Waals surface area (Å²) in [4.78, 5) is 35.3. The number of hydrogen-bond acceptors (Lipinski definition) is 8. The monoisotopic (exact) mass is 507 g/mol. The minimum atomic E-state index is -2.27. The summed E-state index contributed by atoms with van der Waals surface area (Å²) in [6, 6.07) is 9.45. The third kappa shape index (κ3) is 6.23. The molecule has 3 fully saturated rings. The minimum Gasteiger partial charge on any atom is -0.479 e. The number of aliphatic hydroxyl groups is 3. The molecule has 36 heavy (non-hydrogen) atoms. The van der Waals surface area contributed by atoms with Gasteiger partial charge in [0.25, 0.3) is 0 Å². The first kappa shape index (κ1) is 28.0. The zero-order valence-electron chi connectivity index (χ0n) is 20.5. The summed E-state index contributed by atoms with van der Waals surface area (Å²) in [5, 5.41) is 44.1. The fraction of sp³-hybridized carbons (Fsp3) is 0.654. The number of nitrogens with zero attached hydrogens (tertiary/aromatic N) is 1. The molecule has 4 unspecified atom stereocenters. The van der Waals surface area contributed by atoms with Crippen LogP contribution in [0.25, 0.3) is 0 Å². The lowest BCUT2D eigenvalue weighted by atomic mass is 9.75. The first-order chi connectivity index (χ1) is 17.1. The van der Waals surface area contributed by atoms with E-state index in [-0.39, 0.29) is 12.0 Å². The number of benzene rings is 1. The van der Waals surface area contributed by atoms with Crippen molar-refractivity contribution >= 4 is 17.9 Å². The second-order valence-electron chi connectivity index (χ2n) is 10.2. The average Bonchev–Trinajstić information content (AvgIpc) is 3.39. The van der Waals surface area contributed by atoms with Crippen LogP contribution in [-0.4, -0.2) is 86.8 Å². The van der Waals surface area contributed by atoms with Gasteiger partial charge >= 0.3 is 17.9 Å². The summed E-state index contributed by atoms with van der Waals surface area (Å²) < 4.78 is 6.12. The second-order valence-corrected chi connectivity index (χ2v) is 10.2. The van der Waals surface area contributed by atoms with Crippen molar-refractivity contribution in [2.75, 3.05) is 20.1 Å². The van der Waals surface area contributed by atoms with E-state index in [1.54, 1.807) is 0 Å². The number of carboxylic acid groups (broad SMARTS) is 2. The van der Waals surface area contributed by atoms with E-state index in [9.17, 15) is 19.5 Å². The maximum Gasteiger partial charge on any atom is 0.343 e. The topological polar surface area (TPSA) is 165 Å². The first-order valence-electron chi connectivity index (χ1n) is 12.5. The SMILES string of the molecule is CN1CC2CCCC(C1)C2OC(=O)[C@](O)(c1ccccc1)C1CCCC1.O=C(O)C(O)C(O)C(=O)O. The lowest BCUT2D eigenvalue weighted by molar-refractivity contribution is -0.191. The highest BCUT2D eigenvalue weighted by Gasteiger charge is 2.50. The van der Waals surface area contributed by atoms with Gasteiger partial charge in [0.2, 0.25) is 0 Å². The van der Waals surface area contributed by atoms with Gasteiger partial charge in [-0.1, -0.05) is 49.6 Å². The van der Waals surface area contributed by atoms with Crippen LogP contribution in [0, 0.1) is 17.8 Å². The highest BCUT2D eigenvalue weighted by molar-refractivity contribution is 5.83. The third-order valence-corrected chi connectivity index (χ3v) is 7.69. The van der Waals surface area contributed by atoms with Gasteiger partial charge < -0.3 is 35.2 Å². The van der Waals surface area contributed by atoms with E-state index < -0.39 is 35.7 Å². The van der Waals surface area contributed by atoms with Crippen molar-refractivity contribution < 1.29 is 44.7 Å². The summed E-state index contributed by atoms with van der Waals surface area (Å²) in [6.07, 6.45) is 2.82. The Balaban J connectivity index is 0.000000308. The van der Waals surface area contributed by atoms with Crippen molar-refractivity contribution in [2.24, 2.45) is 17.8 Å². The summed E-state index contributed by atoms with van der Waals surface area (Å²) >= 11 is 0. The van der Waals surface area contributed by atoms with Crippen LogP contribution in [0.4, 0.5) is 0 Å². The van der Waals surface area contributed by atoms with E-state index in [4.69, 9.17) is 25.2 Å². The van der Waals surface area contributed by atoms with E-state index >= 15 is 0 Å². The van der Waals surface area contributed by atoms with Gasteiger partial charge in [0, 0.05) is 30.8 Å². The van der Waals surface area contributed by atoms with Crippen LogP contribution in [-0.2, 0) is 24.7 Å². The molecule has 0 radical (unpaired) electrons. The van der Waals surface area contributed by atoms with Crippen molar-refractivity contribution in [3.63, 3.8) is 0 Å². The number of esters is 1. The van der Waals surface area contributed by atoms with Crippen LogP contribution in [0.15, 0.2) is 30.3 Å². The molecule has 5 atom stereocenters. The van der Waals surface area contributed by atoms with E-state index in [1.165, 1.54) is 6.42 Å². The van der Waals surface area contributed by atoms with Gasteiger partial charge in [-0.3, -0.25) is 0 Å². The van der Waals surface area contributed by atoms with Crippen LogP contribution in [0.2, 0.25) is 0 Å². The Kier molecular flexibility index (Phi) is 9.46. The highest BCUT2D eigenvalue weighted by atomic mass is 16.6. The number of rotatable bonds is 7. The van der Waals surface area contributed by atoms with Gasteiger partial charge in [-0.25, -0.2) is 14.4 Å². The van der Waals surface area contributed by atoms with Crippen LogP contribution in [0.3, 0.4) is 0 Å². The largest absolute Gasteiger partial charge is 0.479 e. The predicted octanol–water partition coefficient (Wildman–Crippen LogP) is 1.22. The summed E-state index contributed by atoms with van der Waals surface area (Å²) in [7, 11) is 2.15. The Hall–Kier alpha value is -2.53. The van der Waals surface area contributed by atoms with E-state index in [1.807, 2.05) is 30.3 Å². The summed E-state index contributed by atoms with van der Waals surface area (Å²) in [5.41, 5.74) is -0.815. The van der Waals surface area contributed by atoms with Gasteiger partial charge in [0.1, 0.15) is 6.10 Å². The molecule has 0 aromatic heterocycles. The Morgan fingerprint density at radius 3 is 1.86 bits per heavy atom. The quantitative estimate of drug-likeness (QED) is 0.339. The molecule has 3 aliphatic rings. The molecular formula is C26H37NO9. The molecule has 1 aliphatic heterocycles. The molecule has 2 aliphatic carbocycles. The smallest absolute Gasteiger partial charge is 0.343 e. The number of ether oxygens (including phenoxy) is 1. The second kappa shape index (κ2) is 12.1. The molecule has 10 heteroatoms. The van der Waals surface area contributed by atoms with Crippen LogP contribution >= 0.6 is 0 Å². The zero-order valence-corrected chi connectivity index (χ0v) is 20.5. The number of piperidine rings is 1. The fourth-order valence-corrected chi connectivity index (χ4v) is 5.85. The van der Waals surface area contributed by atoms with Crippen molar-refractivity contribution in [3.8, 4) is 0 Å². The highest BCUT2D eigenvalue weighted by Crippen LogP contribution is 2.43. The molecule has 4 rings (SSSR count). The van der Waals surface area contributed by atoms with Crippen molar-refractivity contribution in [1.82, 2.24) is 4.90 Å². The van der Waals surface area contributed by atoms with Gasteiger partial charge in [0.15, 0.2) is 17.8 Å². The molecule has 1 heterocycles. The number of fused-ring (bicyclic) bond motifs is 2. The van der Waals surface area contributed by atoms with Crippen molar-refractivity contribution in [3.05, 3.63) is 35.9 Å². The fourth-order valence-electron chi connectivity index (χ4n) is 5.85. The molecule has 1 saturated heterocycles. The Morgan fingerprint density at radius 1 is 0.889 bits per heavy atom. The summed E-state index contributed by atoms with van der Waals surface area (Å²) in [6.45, 7) is 1.98. The number of hydrogen-bond donors (Lipinski definition) is 5. The van der Waals surface area contributed by atoms with Gasteiger partial charge in [-0.2, -0.15) is 0 Å². The van der Waals surface area contributed by atoms with Crippen molar-refractivity contribution in [2.45, 2.75) is 68.9 Å². The Morgan fingerprint density at radius 2 is 1.39 bits per heavy atom. The Labute approximate surface area is 210 Å². The molecule has 2 bridgehead atoms. The molecule has 1 aromatic carbocycles. The molecule has 2 saturated carbocycles. The van der Waals surface area contributed by atoms with Crippen LogP contribution in [0.1, 0.15) is 50.5 Å². The van der Waals surface area contributed by atoms with E-state index in [0.29, 0.717) is 17.4 Å². The number of carboxylic acids is 2. The zero-order chi connectivity index (χ0) is 26.5. The number of aliphatic carboxylic acids is 2. The lowest BCUT2D eigenvalue weighted by Crippen LogP contribution is -2.54. The molecule has 10 nitrogen and oxygen atoms in total. The third-order valence-electron chi connectivity index (χ3n) is 7.69. The van der Waals surface area contributed by atoms with Crippen LogP contribution in [0.5, 0.6) is 0 Å². The normalized spacial score (nSPS) is 27.6. The predicted molar refractivity (Wildman–Crippen MR) is 128 cm³/mol. The van der Waals surface area contributed by atoms with Crippen LogP contribution < -0.4 is 0 Å². The average molecular weight is 508 g/mol. The lowest BCUT2D eigenvalue weighted by Gasteiger charge is -2.46. The van der Waals surface area contributed by atoms with Gasteiger partial charge in [-0.05, 0) is 38.3 Å². The maximum absolute atomic E-state index is 13.3. The number of carbonyl (C=O) groups excluding carboxylic acids is 1. The van der Waals surface area contributed by atoms with Gasteiger partial charge in [0.05, 0.1) is 0 Å². The number of likely N-dealkylation sites (tertiary alicyclic amines) is 1. The van der Waals surface area contributed by atoms with E-state index in [2.05, 4.69) is 11.9 Å². The molecule has 200 valence electrons. The Bertz CT molecular complexity index is 872.